The number of halogens is 1. The minimum atomic E-state index is -0.540. The monoisotopic (exact) mass is 445 g/mol. The van der Waals surface area contributed by atoms with Gasteiger partial charge in [-0.3, -0.25) is 0 Å². The highest BCUT2D eigenvalue weighted by Gasteiger charge is 2.10. The first-order valence-corrected chi connectivity index (χ1v) is 10.00. The Morgan fingerprint density at radius 1 is 0.906 bits per heavy atom. The minimum Gasteiger partial charge on any atom is -0.497 e. The van der Waals surface area contributed by atoms with Gasteiger partial charge in [-0.05, 0) is 65.2 Å². The fraction of sp³-hybridized carbons (Fsp3) is 0.0769. The largest absolute Gasteiger partial charge is 0.497 e. The van der Waals surface area contributed by atoms with E-state index in [1.807, 2.05) is 12.1 Å². The number of carbonyl (C=O) groups excluding carboxylic acids is 1. The molecular formula is C26H20ClNO4. The summed E-state index contributed by atoms with van der Waals surface area (Å²) in [6.07, 6.45) is 4.71. The number of hydrogen-bond donors (Lipinski definition) is 0. The minimum absolute atomic E-state index is 0.277. The van der Waals surface area contributed by atoms with Crippen LogP contribution >= 0.6 is 11.6 Å². The molecule has 0 aliphatic carbocycles. The molecule has 0 saturated heterocycles. The molecule has 160 valence electrons. The molecule has 0 aliphatic heterocycles. The van der Waals surface area contributed by atoms with Crippen LogP contribution in [0.3, 0.4) is 0 Å². The Morgan fingerprint density at radius 3 is 2.22 bits per heavy atom. The molecule has 3 rings (SSSR count). The number of methoxy groups -OCH3 is 2. The Morgan fingerprint density at radius 2 is 1.59 bits per heavy atom. The normalized spacial score (nSPS) is 11.1. The van der Waals surface area contributed by atoms with Crippen molar-refractivity contribution in [3.8, 4) is 23.3 Å². The SMILES string of the molecule is COc1ccc(C=CC(=O)Oc2ccc(C=C(C#N)c3ccc(Cl)cc3)cc2OC)cc1. The van der Waals surface area contributed by atoms with E-state index in [0.29, 0.717) is 16.3 Å². The van der Waals surface area contributed by atoms with E-state index < -0.39 is 5.97 Å². The van der Waals surface area contributed by atoms with E-state index in [4.69, 9.17) is 25.8 Å². The van der Waals surface area contributed by atoms with Gasteiger partial charge in [-0.1, -0.05) is 41.9 Å². The summed E-state index contributed by atoms with van der Waals surface area (Å²) in [5.74, 6) is 0.845. The van der Waals surface area contributed by atoms with Gasteiger partial charge < -0.3 is 14.2 Å². The first-order valence-electron chi connectivity index (χ1n) is 9.62. The van der Waals surface area contributed by atoms with Crippen LogP contribution in [-0.4, -0.2) is 20.2 Å². The van der Waals surface area contributed by atoms with Crippen molar-refractivity contribution < 1.29 is 19.0 Å². The number of ether oxygens (including phenoxy) is 3. The highest BCUT2D eigenvalue weighted by atomic mass is 35.5. The van der Waals surface area contributed by atoms with E-state index in [-0.39, 0.29) is 5.75 Å². The lowest BCUT2D eigenvalue weighted by molar-refractivity contribution is -0.129. The Bertz CT molecular complexity index is 1190. The number of allylic oxidation sites excluding steroid dienone is 1. The molecule has 32 heavy (non-hydrogen) atoms. The van der Waals surface area contributed by atoms with Gasteiger partial charge in [-0.25, -0.2) is 4.79 Å². The molecule has 3 aromatic carbocycles. The lowest BCUT2D eigenvalue weighted by atomic mass is 10.0. The molecule has 0 N–H and O–H groups in total. The summed E-state index contributed by atoms with van der Waals surface area (Å²) >= 11 is 5.92. The lowest BCUT2D eigenvalue weighted by Gasteiger charge is -2.09. The van der Waals surface area contributed by atoms with E-state index in [0.717, 1.165) is 22.4 Å². The number of nitriles is 1. The van der Waals surface area contributed by atoms with Crippen LogP contribution in [0.2, 0.25) is 5.02 Å². The molecule has 3 aromatic rings. The third-order valence-corrected chi connectivity index (χ3v) is 4.76. The van der Waals surface area contributed by atoms with Gasteiger partial charge in [0.05, 0.1) is 25.9 Å². The molecule has 0 aromatic heterocycles. The summed E-state index contributed by atoms with van der Waals surface area (Å²) in [4.78, 5) is 12.2. The molecule has 5 nitrogen and oxygen atoms in total. The lowest BCUT2D eigenvalue weighted by Crippen LogP contribution is -2.05. The predicted molar refractivity (Wildman–Crippen MR) is 126 cm³/mol. The van der Waals surface area contributed by atoms with Crippen LogP contribution in [-0.2, 0) is 4.79 Å². The van der Waals surface area contributed by atoms with Crippen LogP contribution in [0.4, 0.5) is 0 Å². The van der Waals surface area contributed by atoms with Crippen LogP contribution in [0, 0.1) is 11.3 Å². The molecule has 0 radical (unpaired) electrons. The van der Waals surface area contributed by atoms with Gasteiger partial charge in [0.15, 0.2) is 11.5 Å². The standard InChI is InChI=1S/C26H20ClNO4/c1-30-23-11-3-18(4-12-23)6-14-26(29)32-24-13-5-19(16-25(24)31-2)15-21(17-28)20-7-9-22(27)10-8-20/h3-16H,1-2H3. The molecule has 0 atom stereocenters. The molecule has 0 amide bonds. The maximum Gasteiger partial charge on any atom is 0.336 e. The first-order chi connectivity index (χ1) is 15.5. The van der Waals surface area contributed by atoms with Crippen molar-refractivity contribution in [1.29, 1.82) is 5.26 Å². The van der Waals surface area contributed by atoms with Crippen molar-refractivity contribution in [3.05, 3.63) is 94.5 Å². The number of benzene rings is 3. The number of nitrogens with zero attached hydrogens (tertiary/aromatic N) is 1. The Hall–Kier alpha value is -4.01. The Kier molecular flexibility index (Phi) is 7.69. The van der Waals surface area contributed by atoms with Crippen molar-refractivity contribution in [2.45, 2.75) is 0 Å². The maximum atomic E-state index is 12.2. The summed E-state index contributed by atoms with van der Waals surface area (Å²) in [7, 11) is 3.08. The van der Waals surface area contributed by atoms with Crippen molar-refractivity contribution in [2.24, 2.45) is 0 Å². The quantitative estimate of drug-likeness (QED) is 0.146. The van der Waals surface area contributed by atoms with Crippen LogP contribution in [0.1, 0.15) is 16.7 Å². The van der Waals surface area contributed by atoms with E-state index in [2.05, 4.69) is 6.07 Å². The van der Waals surface area contributed by atoms with Crippen LogP contribution < -0.4 is 14.2 Å². The van der Waals surface area contributed by atoms with Gasteiger partial charge in [-0.15, -0.1) is 0 Å². The van der Waals surface area contributed by atoms with E-state index in [1.165, 1.54) is 13.2 Å². The molecule has 0 spiro atoms. The van der Waals surface area contributed by atoms with Crippen LogP contribution in [0.25, 0.3) is 17.7 Å². The zero-order chi connectivity index (χ0) is 22.9. The number of carbonyl (C=O) groups is 1. The van der Waals surface area contributed by atoms with Gasteiger partial charge in [0.1, 0.15) is 5.75 Å². The second kappa shape index (κ2) is 10.9. The highest BCUT2D eigenvalue weighted by molar-refractivity contribution is 6.30. The van der Waals surface area contributed by atoms with Crippen molar-refractivity contribution in [3.63, 3.8) is 0 Å². The number of esters is 1. The number of hydrogen-bond acceptors (Lipinski definition) is 5. The molecule has 0 aliphatic rings. The van der Waals surface area contributed by atoms with Crippen LogP contribution in [0.5, 0.6) is 17.2 Å². The molecule has 0 heterocycles. The van der Waals surface area contributed by atoms with Gasteiger partial charge in [-0.2, -0.15) is 5.26 Å². The number of rotatable bonds is 7. The van der Waals surface area contributed by atoms with Crippen molar-refractivity contribution in [1.82, 2.24) is 0 Å². The van der Waals surface area contributed by atoms with Crippen molar-refractivity contribution >= 4 is 35.3 Å². The van der Waals surface area contributed by atoms with Gasteiger partial charge in [0, 0.05) is 11.1 Å². The third kappa shape index (κ3) is 6.00. The van der Waals surface area contributed by atoms with Gasteiger partial charge in [0.2, 0.25) is 0 Å². The van der Waals surface area contributed by atoms with E-state index in [1.54, 1.807) is 73.9 Å². The fourth-order valence-electron chi connectivity index (χ4n) is 2.86. The zero-order valence-electron chi connectivity index (χ0n) is 17.5. The average Bonchev–Trinajstić information content (AvgIpc) is 2.83. The van der Waals surface area contributed by atoms with E-state index >= 15 is 0 Å². The zero-order valence-corrected chi connectivity index (χ0v) is 18.3. The summed E-state index contributed by atoms with van der Waals surface area (Å²) < 4.78 is 15.9. The van der Waals surface area contributed by atoms with E-state index in [9.17, 15) is 10.1 Å². The second-order valence-corrected chi connectivity index (χ2v) is 7.05. The molecule has 0 saturated carbocycles. The first kappa shape index (κ1) is 22.7. The maximum absolute atomic E-state index is 12.2. The fourth-order valence-corrected chi connectivity index (χ4v) is 2.98. The Labute approximate surface area is 191 Å². The molecule has 0 fully saturated rings. The summed E-state index contributed by atoms with van der Waals surface area (Å²) in [5, 5.41) is 10.1. The second-order valence-electron chi connectivity index (χ2n) is 6.61. The van der Waals surface area contributed by atoms with Gasteiger partial charge in [0.25, 0.3) is 0 Å². The molecule has 0 unspecified atom stereocenters. The third-order valence-electron chi connectivity index (χ3n) is 4.51. The average molecular weight is 446 g/mol. The summed E-state index contributed by atoms with van der Waals surface area (Å²) in [6, 6.07) is 21.5. The summed E-state index contributed by atoms with van der Waals surface area (Å²) in [6.45, 7) is 0. The van der Waals surface area contributed by atoms with Crippen molar-refractivity contribution in [2.75, 3.05) is 14.2 Å². The molecule has 0 bridgehead atoms. The molecular weight excluding hydrogens is 426 g/mol. The topological polar surface area (TPSA) is 68.5 Å². The molecule has 6 heteroatoms. The Balaban J connectivity index is 1.75. The predicted octanol–water partition coefficient (Wildman–Crippen LogP) is 6.04. The van der Waals surface area contributed by atoms with Gasteiger partial charge >= 0.3 is 5.97 Å². The van der Waals surface area contributed by atoms with Crippen LogP contribution in [0.15, 0.2) is 72.8 Å². The summed E-state index contributed by atoms with van der Waals surface area (Å²) in [5.41, 5.74) is 2.77. The smallest absolute Gasteiger partial charge is 0.336 e. The highest BCUT2D eigenvalue weighted by Crippen LogP contribution is 2.30.